The molecule has 0 saturated carbocycles. The van der Waals surface area contributed by atoms with Crippen molar-refractivity contribution in [3.05, 3.63) is 158 Å². The molecular formula is C42H26N2. The first kappa shape index (κ1) is 24.7. The molecule has 9 aromatic rings. The van der Waals surface area contributed by atoms with E-state index in [2.05, 4.69) is 152 Å². The third-order valence-electron chi connectivity index (χ3n) is 8.81. The smallest absolute Gasteiger partial charge is 0.0972 e. The van der Waals surface area contributed by atoms with Gasteiger partial charge in [-0.1, -0.05) is 140 Å². The lowest BCUT2D eigenvalue weighted by atomic mass is 9.86. The van der Waals surface area contributed by atoms with Gasteiger partial charge in [0.2, 0.25) is 0 Å². The molecule has 9 rings (SSSR count). The van der Waals surface area contributed by atoms with Crippen molar-refractivity contribution < 1.29 is 0 Å². The van der Waals surface area contributed by atoms with Crippen LogP contribution in [0.3, 0.4) is 0 Å². The van der Waals surface area contributed by atoms with Crippen LogP contribution in [0, 0.1) is 0 Å². The summed E-state index contributed by atoms with van der Waals surface area (Å²) >= 11 is 0. The maximum Gasteiger partial charge on any atom is 0.0972 e. The van der Waals surface area contributed by atoms with Crippen molar-refractivity contribution in [2.45, 2.75) is 0 Å². The van der Waals surface area contributed by atoms with Gasteiger partial charge in [0.15, 0.2) is 0 Å². The second-order valence-corrected chi connectivity index (χ2v) is 11.4. The minimum Gasteiger partial charge on any atom is -0.245 e. The van der Waals surface area contributed by atoms with Crippen molar-refractivity contribution in [2.75, 3.05) is 0 Å². The second-order valence-electron chi connectivity index (χ2n) is 11.4. The average molecular weight is 559 g/mol. The Balaban J connectivity index is 1.33. The Kier molecular flexibility index (Phi) is 5.54. The zero-order valence-corrected chi connectivity index (χ0v) is 23.9. The standard InChI is InChI=1S/C42H26N2/c1-2-11-28(12-3-1)37-24-22-29-19-20-30-23-25-38(44-42(30)41(29)43-37)40-35-16-8-6-14-33(35)39(34-15-7-9-17-36(34)40)32-21-18-27-10-4-5-13-31(27)26-32/h1-26H. The molecule has 7 aromatic carbocycles. The number of hydrogen-bond donors (Lipinski definition) is 0. The van der Waals surface area contributed by atoms with Crippen LogP contribution >= 0.6 is 0 Å². The fraction of sp³-hybridized carbons (Fsp3) is 0. The number of rotatable bonds is 3. The first-order valence-electron chi connectivity index (χ1n) is 15.0. The van der Waals surface area contributed by atoms with E-state index in [1.54, 1.807) is 0 Å². The summed E-state index contributed by atoms with van der Waals surface area (Å²) in [5, 5.41) is 9.50. The zero-order valence-electron chi connectivity index (χ0n) is 23.9. The highest BCUT2D eigenvalue weighted by Crippen LogP contribution is 2.44. The lowest BCUT2D eigenvalue weighted by molar-refractivity contribution is 1.37. The predicted molar refractivity (Wildman–Crippen MR) is 186 cm³/mol. The molecule has 2 aromatic heterocycles. The maximum atomic E-state index is 5.39. The number of pyridine rings is 2. The van der Waals surface area contributed by atoms with E-state index in [9.17, 15) is 0 Å². The first-order chi connectivity index (χ1) is 21.8. The highest BCUT2D eigenvalue weighted by molar-refractivity contribution is 6.21. The molecule has 0 bridgehead atoms. The van der Waals surface area contributed by atoms with E-state index in [1.807, 2.05) is 6.07 Å². The summed E-state index contributed by atoms with van der Waals surface area (Å²) in [6, 6.07) is 56.2. The van der Waals surface area contributed by atoms with Gasteiger partial charge in [0.1, 0.15) is 0 Å². The molecule has 0 amide bonds. The lowest BCUT2D eigenvalue weighted by Gasteiger charge is -2.18. The molecule has 0 radical (unpaired) electrons. The molecule has 0 aliphatic heterocycles. The zero-order chi connectivity index (χ0) is 29.0. The Morgan fingerprint density at radius 3 is 1.43 bits per heavy atom. The summed E-state index contributed by atoms with van der Waals surface area (Å²) in [6.07, 6.45) is 0. The molecule has 2 heteroatoms. The van der Waals surface area contributed by atoms with E-state index < -0.39 is 0 Å². The molecule has 0 atom stereocenters. The first-order valence-corrected chi connectivity index (χ1v) is 15.0. The highest BCUT2D eigenvalue weighted by Gasteiger charge is 2.18. The molecule has 0 N–H and O–H groups in total. The summed E-state index contributed by atoms with van der Waals surface area (Å²) < 4.78 is 0. The summed E-state index contributed by atoms with van der Waals surface area (Å²) in [5.41, 5.74) is 8.48. The molecular weight excluding hydrogens is 532 g/mol. The van der Waals surface area contributed by atoms with Crippen molar-refractivity contribution in [1.29, 1.82) is 0 Å². The van der Waals surface area contributed by atoms with Crippen molar-refractivity contribution in [1.82, 2.24) is 9.97 Å². The van der Waals surface area contributed by atoms with Crippen LogP contribution in [-0.4, -0.2) is 9.97 Å². The van der Waals surface area contributed by atoms with Crippen molar-refractivity contribution in [3.8, 4) is 33.6 Å². The summed E-state index contributed by atoms with van der Waals surface area (Å²) in [6.45, 7) is 0. The molecule has 2 nitrogen and oxygen atoms in total. The Morgan fingerprint density at radius 1 is 0.295 bits per heavy atom. The van der Waals surface area contributed by atoms with Crippen molar-refractivity contribution >= 4 is 54.1 Å². The third kappa shape index (κ3) is 3.89. The lowest BCUT2D eigenvalue weighted by Crippen LogP contribution is -1.94. The Hall–Kier alpha value is -5.86. The number of nitrogens with zero attached hydrogens (tertiary/aromatic N) is 2. The maximum absolute atomic E-state index is 5.39. The molecule has 44 heavy (non-hydrogen) atoms. The van der Waals surface area contributed by atoms with Gasteiger partial charge in [-0.3, -0.25) is 0 Å². The van der Waals surface area contributed by atoms with E-state index in [4.69, 9.17) is 9.97 Å². The second kappa shape index (κ2) is 9.86. The number of benzene rings is 7. The van der Waals surface area contributed by atoms with E-state index in [-0.39, 0.29) is 0 Å². The van der Waals surface area contributed by atoms with Gasteiger partial charge in [-0.2, -0.15) is 0 Å². The topological polar surface area (TPSA) is 25.8 Å². The van der Waals surface area contributed by atoms with E-state index in [0.717, 1.165) is 44.3 Å². The minimum atomic E-state index is 0.921. The van der Waals surface area contributed by atoms with Gasteiger partial charge in [-0.25, -0.2) is 9.97 Å². The monoisotopic (exact) mass is 558 g/mol. The van der Waals surface area contributed by atoms with Crippen LogP contribution in [-0.2, 0) is 0 Å². The molecule has 2 heterocycles. The molecule has 0 spiro atoms. The van der Waals surface area contributed by atoms with Crippen LogP contribution in [0.25, 0.3) is 87.8 Å². The van der Waals surface area contributed by atoms with Crippen LogP contribution in [0.15, 0.2) is 158 Å². The number of hydrogen-bond acceptors (Lipinski definition) is 2. The van der Waals surface area contributed by atoms with Crippen LogP contribution in [0.5, 0.6) is 0 Å². The molecule has 0 aliphatic carbocycles. The van der Waals surface area contributed by atoms with Gasteiger partial charge in [0, 0.05) is 21.9 Å². The highest BCUT2D eigenvalue weighted by atomic mass is 14.8. The van der Waals surface area contributed by atoms with Gasteiger partial charge < -0.3 is 0 Å². The van der Waals surface area contributed by atoms with Crippen LogP contribution in [0.1, 0.15) is 0 Å². The van der Waals surface area contributed by atoms with E-state index in [0.29, 0.717) is 0 Å². The normalized spacial score (nSPS) is 11.6. The molecule has 0 unspecified atom stereocenters. The van der Waals surface area contributed by atoms with Crippen molar-refractivity contribution in [3.63, 3.8) is 0 Å². The average Bonchev–Trinajstić information content (AvgIpc) is 3.10. The fourth-order valence-electron chi connectivity index (χ4n) is 6.74. The quantitative estimate of drug-likeness (QED) is 0.159. The third-order valence-corrected chi connectivity index (χ3v) is 8.81. The fourth-order valence-corrected chi connectivity index (χ4v) is 6.74. The van der Waals surface area contributed by atoms with E-state index >= 15 is 0 Å². The van der Waals surface area contributed by atoms with Crippen LogP contribution in [0.4, 0.5) is 0 Å². The summed E-state index contributed by atoms with van der Waals surface area (Å²) in [7, 11) is 0. The van der Waals surface area contributed by atoms with Gasteiger partial charge in [0.05, 0.1) is 22.4 Å². The largest absolute Gasteiger partial charge is 0.245 e. The van der Waals surface area contributed by atoms with Gasteiger partial charge in [-0.05, 0) is 61.6 Å². The Morgan fingerprint density at radius 2 is 0.773 bits per heavy atom. The number of fused-ring (bicyclic) bond motifs is 6. The number of aromatic nitrogens is 2. The summed E-state index contributed by atoms with van der Waals surface area (Å²) in [4.78, 5) is 10.5. The minimum absolute atomic E-state index is 0.921. The van der Waals surface area contributed by atoms with Gasteiger partial charge in [-0.15, -0.1) is 0 Å². The molecule has 0 fully saturated rings. The van der Waals surface area contributed by atoms with Crippen LogP contribution in [0.2, 0.25) is 0 Å². The SMILES string of the molecule is c1ccc(-c2ccc3ccc4ccc(-c5c6ccccc6c(-c6ccc7ccccc7c6)c6ccccc56)nc4c3n2)cc1. The van der Waals surface area contributed by atoms with Crippen LogP contribution < -0.4 is 0 Å². The van der Waals surface area contributed by atoms with E-state index in [1.165, 1.54) is 43.4 Å². The Labute approximate surface area is 254 Å². The van der Waals surface area contributed by atoms with Crippen molar-refractivity contribution in [2.24, 2.45) is 0 Å². The molecule has 0 aliphatic rings. The summed E-state index contributed by atoms with van der Waals surface area (Å²) in [5.74, 6) is 0. The molecule has 0 saturated heterocycles. The van der Waals surface area contributed by atoms with Gasteiger partial charge in [0.25, 0.3) is 0 Å². The Bertz CT molecular complexity index is 2490. The predicted octanol–water partition coefficient (Wildman–Crippen LogP) is 11.2. The molecule has 204 valence electrons. The van der Waals surface area contributed by atoms with Gasteiger partial charge >= 0.3 is 0 Å².